The van der Waals surface area contributed by atoms with Crippen molar-refractivity contribution < 1.29 is 113 Å². The molecule has 68 heavy (non-hydrogen) atoms. The van der Waals surface area contributed by atoms with Gasteiger partial charge in [0.15, 0.2) is 16.9 Å². The highest BCUT2D eigenvalue weighted by Crippen LogP contribution is 2.46. The maximum absolute atomic E-state index is 13.8. The number of hydrogen-bond acceptors (Lipinski definition) is 24. The number of benzene rings is 3. The van der Waals surface area contributed by atoms with Crippen molar-refractivity contribution in [1.82, 2.24) is 0 Å². The molecule has 4 aromatic rings. The molecule has 7 rings (SSSR count). The zero-order valence-electron chi connectivity index (χ0n) is 35.9. The first kappa shape index (κ1) is 50.2. The summed E-state index contributed by atoms with van der Waals surface area (Å²) in [7, 11) is 2.61. The number of aliphatic hydroxyl groups excluding tert-OH is 11. The van der Waals surface area contributed by atoms with Crippen LogP contribution in [0.2, 0.25) is 0 Å². The van der Waals surface area contributed by atoms with E-state index in [1.54, 1.807) is 0 Å². The van der Waals surface area contributed by atoms with Gasteiger partial charge in [0.05, 0.1) is 33.0 Å². The number of ether oxygens (including phenoxy) is 8. The van der Waals surface area contributed by atoms with Crippen LogP contribution in [0.3, 0.4) is 0 Å². The Bertz CT molecular complexity index is 2470. The van der Waals surface area contributed by atoms with Crippen LogP contribution in [0, 0.1) is 0 Å². The van der Waals surface area contributed by atoms with E-state index in [0.717, 1.165) is 18.2 Å². The lowest BCUT2D eigenvalue weighted by Crippen LogP contribution is -2.60. The van der Waals surface area contributed by atoms with Gasteiger partial charge >= 0.3 is 5.97 Å². The van der Waals surface area contributed by atoms with E-state index in [1.165, 1.54) is 56.7 Å². The number of hydrogen-bond donors (Lipinski definition) is 13. The first-order valence-corrected chi connectivity index (χ1v) is 20.8. The zero-order valence-corrected chi connectivity index (χ0v) is 35.9. The minimum Gasteiger partial charge on any atom is -0.506 e. The Morgan fingerprint density at radius 2 is 1.18 bits per heavy atom. The van der Waals surface area contributed by atoms with Gasteiger partial charge in [-0.2, -0.15) is 0 Å². The van der Waals surface area contributed by atoms with E-state index in [4.69, 9.17) is 42.3 Å². The number of methoxy groups -OCH3 is 2. The fraction of sp³-hybridized carbons (Fsp3) is 0.455. The Morgan fingerprint density at radius 1 is 0.632 bits per heavy atom. The number of aliphatic hydroxyl groups is 11. The van der Waals surface area contributed by atoms with Crippen LogP contribution in [-0.4, -0.2) is 192 Å². The van der Waals surface area contributed by atoms with Crippen LogP contribution in [0.4, 0.5) is 0 Å². The van der Waals surface area contributed by atoms with Gasteiger partial charge in [0, 0.05) is 23.8 Å². The minimum atomic E-state index is -2.08. The molecule has 24 heteroatoms. The summed E-state index contributed by atoms with van der Waals surface area (Å²) < 4.78 is 50.0. The molecular formula is C44H50O24. The van der Waals surface area contributed by atoms with Crippen molar-refractivity contribution in [2.75, 3.05) is 34.0 Å². The molecule has 3 saturated heterocycles. The molecule has 3 aliphatic rings. The topological polar surface area (TPSA) is 384 Å². The highest BCUT2D eigenvalue weighted by molar-refractivity contribution is 5.89. The molecule has 13 N–H and O–H groups in total. The zero-order chi connectivity index (χ0) is 49.3. The van der Waals surface area contributed by atoms with Gasteiger partial charge in [0.1, 0.15) is 120 Å². The van der Waals surface area contributed by atoms with Crippen LogP contribution in [-0.2, 0) is 23.7 Å². The van der Waals surface area contributed by atoms with Crippen molar-refractivity contribution >= 4 is 23.0 Å². The summed E-state index contributed by atoms with van der Waals surface area (Å²) in [5.74, 6) is -2.78. The van der Waals surface area contributed by atoms with Gasteiger partial charge in [-0.25, -0.2) is 4.79 Å². The number of phenolic OH excluding ortho intramolecular Hbond substituents is 2. The second kappa shape index (κ2) is 20.9. The van der Waals surface area contributed by atoms with Crippen LogP contribution in [0.5, 0.6) is 34.5 Å². The fourth-order valence-electron chi connectivity index (χ4n) is 7.81. The van der Waals surface area contributed by atoms with E-state index in [-0.39, 0.29) is 34.3 Å². The van der Waals surface area contributed by atoms with Crippen LogP contribution >= 0.6 is 0 Å². The van der Waals surface area contributed by atoms with Crippen molar-refractivity contribution in [3.63, 3.8) is 0 Å². The molecule has 4 heterocycles. The molecule has 0 bridgehead atoms. The summed E-state index contributed by atoms with van der Waals surface area (Å²) in [5.41, 5.74) is -1.30. The van der Waals surface area contributed by atoms with Crippen molar-refractivity contribution in [1.29, 1.82) is 0 Å². The van der Waals surface area contributed by atoms with Gasteiger partial charge in [-0.05, 0) is 48.0 Å². The highest BCUT2D eigenvalue weighted by Gasteiger charge is 2.49. The second-order valence-corrected chi connectivity index (χ2v) is 15.9. The average molecular weight is 963 g/mol. The van der Waals surface area contributed by atoms with E-state index in [0.29, 0.717) is 5.56 Å². The Morgan fingerprint density at radius 3 is 1.76 bits per heavy atom. The van der Waals surface area contributed by atoms with Crippen LogP contribution < -0.4 is 24.4 Å². The van der Waals surface area contributed by atoms with Crippen molar-refractivity contribution in [2.45, 2.75) is 91.9 Å². The fourth-order valence-corrected chi connectivity index (χ4v) is 7.81. The Kier molecular flexibility index (Phi) is 15.4. The molecule has 3 fully saturated rings. The maximum atomic E-state index is 13.8. The number of fused-ring (bicyclic) bond motifs is 1. The SMILES string of the molecule is COc1cc(C=CC(=O)OCC2OC(Oc3cc4oc(-c5ccc(OC6OC(CO)C(O)C(O)C6O)cc5)cc(=O)c4c(O)c3C3OC(CO)C(O)C(O)C3O)C(O)C(O)C2O)cc(OC)c1O. The van der Waals surface area contributed by atoms with Gasteiger partial charge in [0.25, 0.3) is 0 Å². The van der Waals surface area contributed by atoms with E-state index >= 15 is 0 Å². The average Bonchev–Trinajstić information content (AvgIpc) is 3.33. The number of phenols is 2. The van der Waals surface area contributed by atoms with Gasteiger partial charge in [-0.15, -0.1) is 0 Å². The molecule has 15 unspecified atom stereocenters. The smallest absolute Gasteiger partial charge is 0.330 e. The highest BCUT2D eigenvalue weighted by atomic mass is 16.7. The van der Waals surface area contributed by atoms with Crippen LogP contribution in [0.1, 0.15) is 17.2 Å². The molecule has 3 aliphatic heterocycles. The summed E-state index contributed by atoms with van der Waals surface area (Å²) in [5, 5.41) is 137. The van der Waals surface area contributed by atoms with E-state index in [1.807, 2.05) is 0 Å². The van der Waals surface area contributed by atoms with E-state index < -0.39 is 151 Å². The predicted octanol–water partition coefficient (Wildman–Crippen LogP) is -2.97. The lowest BCUT2D eigenvalue weighted by molar-refractivity contribution is -0.279. The quantitative estimate of drug-likeness (QED) is 0.0443. The van der Waals surface area contributed by atoms with Crippen LogP contribution in [0.15, 0.2) is 63.8 Å². The summed E-state index contributed by atoms with van der Waals surface area (Å²) in [6.07, 6.45) is -24.5. The summed E-state index contributed by atoms with van der Waals surface area (Å²) in [6.45, 7) is -2.33. The maximum Gasteiger partial charge on any atom is 0.330 e. The van der Waals surface area contributed by atoms with Crippen molar-refractivity contribution in [3.05, 3.63) is 76.0 Å². The van der Waals surface area contributed by atoms with E-state index in [9.17, 15) is 76.0 Å². The number of carbonyl (C=O) groups excluding carboxylic acids is 1. The van der Waals surface area contributed by atoms with E-state index in [2.05, 4.69) is 0 Å². The van der Waals surface area contributed by atoms with Gasteiger partial charge < -0.3 is 109 Å². The number of aromatic hydroxyl groups is 2. The number of esters is 1. The largest absolute Gasteiger partial charge is 0.506 e. The van der Waals surface area contributed by atoms with Gasteiger partial charge in [0.2, 0.25) is 18.3 Å². The summed E-state index contributed by atoms with van der Waals surface area (Å²) in [6, 6.07) is 10.3. The summed E-state index contributed by atoms with van der Waals surface area (Å²) >= 11 is 0. The Labute approximate surface area is 383 Å². The molecule has 0 aliphatic carbocycles. The molecular weight excluding hydrogens is 912 g/mol. The molecule has 1 aromatic heterocycles. The number of rotatable bonds is 14. The lowest BCUT2D eigenvalue weighted by Gasteiger charge is -2.42. The van der Waals surface area contributed by atoms with Crippen molar-refractivity contribution in [3.8, 4) is 45.8 Å². The first-order valence-electron chi connectivity index (χ1n) is 20.8. The third-order valence-electron chi connectivity index (χ3n) is 11.6. The molecule has 0 spiro atoms. The third kappa shape index (κ3) is 9.91. The predicted molar refractivity (Wildman–Crippen MR) is 225 cm³/mol. The molecule has 0 radical (unpaired) electrons. The standard InChI is InChI=1S/C44H50O24/c1-60-23-9-16(10-24(61-2)31(23)49)3-8-28(48)62-15-27-34(52)38(56)41(59)44(68-27)66-22-12-21-29(35(53)30(22)42-39(57)36(54)32(50)25(13-45)65-42)19(47)11-20(64-21)17-4-6-18(7-5-17)63-43-40(58)37(55)33(51)26(14-46)67-43/h3-12,25-27,32-34,36-46,49-59H,13-15H2,1-2H3. The molecule has 24 nitrogen and oxygen atoms in total. The Hall–Kier alpha value is -5.68. The molecule has 3 aromatic carbocycles. The third-order valence-corrected chi connectivity index (χ3v) is 11.6. The molecule has 370 valence electrons. The first-order chi connectivity index (χ1) is 32.4. The lowest BCUT2D eigenvalue weighted by atomic mass is 9.89. The van der Waals surface area contributed by atoms with Gasteiger partial charge in [-0.3, -0.25) is 4.79 Å². The summed E-state index contributed by atoms with van der Waals surface area (Å²) in [4.78, 5) is 26.6. The van der Waals surface area contributed by atoms with Crippen molar-refractivity contribution in [2.24, 2.45) is 0 Å². The monoisotopic (exact) mass is 962 g/mol. The van der Waals surface area contributed by atoms with Gasteiger partial charge in [-0.1, -0.05) is 0 Å². The Balaban J connectivity index is 1.18. The minimum absolute atomic E-state index is 0.0437. The van der Waals surface area contributed by atoms with Crippen LogP contribution in [0.25, 0.3) is 28.4 Å². The molecule has 15 atom stereocenters. The normalized spacial score (nSPS) is 31.9. The molecule has 0 saturated carbocycles. The second-order valence-electron chi connectivity index (χ2n) is 15.9. The molecule has 0 amide bonds. The number of carbonyl (C=O) groups is 1.